The Kier molecular flexibility index (Phi) is 5.54. The van der Waals surface area contributed by atoms with E-state index in [0.29, 0.717) is 5.56 Å². The lowest BCUT2D eigenvalue weighted by molar-refractivity contribution is -0.920. The molecule has 2 aromatic rings. The Labute approximate surface area is 150 Å². The van der Waals surface area contributed by atoms with E-state index >= 15 is 0 Å². The van der Waals surface area contributed by atoms with Crippen LogP contribution in [-0.2, 0) is 0 Å². The fourth-order valence-electron chi connectivity index (χ4n) is 3.45. The Hall–Kier alpha value is -1.43. The third-order valence-electron chi connectivity index (χ3n) is 4.57. The second kappa shape index (κ2) is 7.64. The van der Waals surface area contributed by atoms with Crippen molar-refractivity contribution in [3.8, 4) is 0 Å². The van der Waals surface area contributed by atoms with Crippen LogP contribution in [0.4, 0.5) is 4.39 Å². The zero-order chi connectivity index (χ0) is 17.1. The lowest BCUT2D eigenvalue weighted by Crippen LogP contribution is -3.11. The van der Waals surface area contributed by atoms with Crippen LogP contribution in [0.1, 0.15) is 41.0 Å². The molecule has 0 radical (unpaired) electrons. The molecule has 0 saturated carbocycles. The molecule has 1 saturated heterocycles. The highest BCUT2D eigenvalue weighted by molar-refractivity contribution is 7.10. The Morgan fingerprint density at radius 2 is 2.08 bits per heavy atom. The third kappa shape index (κ3) is 3.79. The number of thiophene rings is 1. The minimum atomic E-state index is -0.442. The van der Waals surface area contributed by atoms with Gasteiger partial charge in [0.25, 0.3) is 5.91 Å². The molecule has 1 aromatic carbocycles. The molecule has 1 aromatic heterocycles. The van der Waals surface area contributed by atoms with Crippen molar-refractivity contribution in [1.82, 2.24) is 5.32 Å². The quantitative estimate of drug-likeness (QED) is 0.836. The summed E-state index contributed by atoms with van der Waals surface area (Å²) in [4.78, 5) is 15.3. The summed E-state index contributed by atoms with van der Waals surface area (Å²) in [6.45, 7) is 4.28. The van der Waals surface area contributed by atoms with Gasteiger partial charge in [-0.05, 0) is 36.6 Å². The van der Waals surface area contributed by atoms with Crippen LogP contribution in [0.3, 0.4) is 0 Å². The van der Waals surface area contributed by atoms with E-state index in [1.165, 1.54) is 40.8 Å². The zero-order valence-corrected chi connectivity index (χ0v) is 15.1. The number of carbonyl (C=O) groups is 1. The average Bonchev–Trinajstić information content (AvgIpc) is 3.21. The molecular formula is C18H21ClFN2OS+. The van der Waals surface area contributed by atoms with Crippen molar-refractivity contribution in [2.45, 2.75) is 31.8 Å². The molecule has 128 valence electrons. The molecule has 6 heteroatoms. The molecule has 1 amide bonds. The van der Waals surface area contributed by atoms with Crippen LogP contribution < -0.4 is 10.2 Å². The molecule has 0 unspecified atom stereocenters. The number of hydrogen-bond acceptors (Lipinski definition) is 2. The summed E-state index contributed by atoms with van der Waals surface area (Å²) in [6.07, 6.45) is 2.45. The molecule has 1 aliphatic rings. The van der Waals surface area contributed by atoms with Crippen molar-refractivity contribution in [2.24, 2.45) is 0 Å². The SMILES string of the molecule is C[C@H](NC(=O)c1ccc(F)cc1Cl)[C@H](c1cccs1)[NH+]1CCCC1. The number of benzene rings is 1. The van der Waals surface area contributed by atoms with Crippen molar-refractivity contribution in [3.63, 3.8) is 0 Å². The third-order valence-corrected chi connectivity index (χ3v) is 5.84. The van der Waals surface area contributed by atoms with Gasteiger partial charge in [-0.3, -0.25) is 4.79 Å². The van der Waals surface area contributed by atoms with Crippen LogP contribution in [0, 0.1) is 5.82 Å². The zero-order valence-electron chi connectivity index (χ0n) is 13.5. The van der Waals surface area contributed by atoms with Crippen molar-refractivity contribution in [3.05, 3.63) is 57.0 Å². The second-order valence-corrected chi connectivity index (χ2v) is 7.63. The topological polar surface area (TPSA) is 33.5 Å². The number of nitrogens with one attached hydrogen (secondary N) is 2. The molecule has 24 heavy (non-hydrogen) atoms. The fraction of sp³-hybridized carbons (Fsp3) is 0.389. The van der Waals surface area contributed by atoms with Gasteiger partial charge in [0, 0.05) is 12.8 Å². The summed E-state index contributed by atoms with van der Waals surface area (Å²) >= 11 is 7.74. The van der Waals surface area contributed by atoms with E-state index in [1.54, 1.807) is 11.3 Å². The molecule has 2 atom stereocenters. The second-order valence-electron chi connectivity index (χ2n) is 6.24. The minimum Gasteiger partial charge on any atom is -0.343 e. The van der Waals surface area contributed by atoms with Gasteiger partial charge in [-0.1, -0.05) is 17.7 Å². The van der Waals surface area contributed by atoms with E-state index in [1.807, 2.05) is 13.0 Å². The smallest absolute Gasteiger partial charge is 0.253 e. The van der Waals surface area contributed by atoms with Crippen molar-refractivity contribution < 1.29 is 14.1 Å². The highest BCUT2D eigenvalue weighted by Gasteiger charge is 2.34. The fourth-order valence-corrected chi connectivity index (χ4v) is 4.69. The van der Waals surface area contributed by atoms with Gasteiger partial charge in [-0.2, -0.15) is 0 Å². The lowest BCUT2D eigenvalue weighted by Gasteiger charge is -2.29. The molecule has 0 aliphatic carbocycles. The molecule has 2 heterocycles. The standard InChI is InChI=1S/C18H20ClFN2OS/c1-12(21-18(23)14-7-6-13(20)11-15(14)19)17(16-5-4-10-24-16)22-8-2-3-9-22/h4-7,10-12,17H,2-3,8-9H2,1H3,(H,21,23)/p+1/t12-,17+/m0/s1. The molecule has 2 N–H and O–H groups in total. The maximum absolute atomic E-state index is 13.2. The molecular weight excluding hydrogens is 347 g/mol. The Bertz CT molecular complexity index is 701. The summed E-state index contributed by atoms with van der Waals surface area (Å²) in [5.74, 6) is -0.699. The van der Waals surface area contributed by atoms with Crippen LogP contribution >= 0.6 is 22.9 Å². The minimum absolute atomic E-state index is 0.0367. The van der Waals surface area contributed by atoms with E-state index in [4.69, 9.17) is 11.6 Å². The summed E-state index contributed by atoms with van der Waals surface area (Å²) < 4.78 is 13.2. The highest BCUT2D eigenvalue weighted by Crippen LogP contribution is 2.22. The Morgan fingerprint density at radius 1 is 1.33 bits per heavy atom. The number of halogens is 2. The van der Waals surface area contributed by atoms with Crippen LogP contribution in [0.2, 0.25) is 5.02 Å². The first kappa shape index (κ1) is 17.4. The van der Waals surface area contributed by atoms with Gasteiger partial charge in [0.05, 0.1) is 34.6 Å². The van der Waals surface area contributed by atoms with Crippen LogP contribution in [0.15, 0.2) is 35.7 Å². The van der Waals surface area contributed by atoms with E-state index in [-0.39, 0.29) is 23.0 Å². The molecule has 1 aliphatic heterocycles. The molecule has 0 bridgehead atoms. The van der Waals surface area contributed by atoms with Crippen molar-refractivity contribution >= 4 is 28.8 Å². The Balaban J connectivity index is 1.77. The predicted octanol–water partition coefficient (Wildman–Crippen LogP) is 3.08. The number of amides is 1. The lowest BCUT2D eigenvalue weighted by atomic mass is 10.1. The summed E-state index contributed by atoms with van der Waals surface area (Å²) in [5.41, 5.74) is 0.311. The molecule has 1 fully saturated rings. The highest BCUT2D eigenvalue weighted by atomic mass is 35.5. The molecule has 0 spiro atoms. The van der Waals surface area contributed by atoms with Crippen LogP contribution in [0.25, 0.3) is 0 Å². The van der Waals surface area contributed by atoms with Gasteiger partial charge in [0.15, 0.2) is 0 Å². The normalized spacial score (nSPS) is 17.6. The van der Waals surface area contributed by atoms with Crippen LogP contribution in [-0.4, -0.2) is 25.0 Å². The van der Waals surface area contributed by atoms with Gasteiger partial charge in [-0.15, -0.1) is 11.3 Å². The van der Waals surface area contributed by atoms with Gasteiger partial charge in [0.1, 0.15) is 11.9 Å². The monoisotopic (exact) mass is 367 g/mol. The predicted molar refractivity (Wildman–Crippen MR) is 95.3 cm³/mol. The first-order chi connectivity index (χ1) is 11.6. The molecule has 3 nitrogen and oxygen atoms in total. The maximum Gasteiger partial charge on any atom is 0.253 e. The molecule has 3 rings (SSSR count). The Morgan fingerprint density at radius 3 is 2.71 bits per heavy atom. The summed E-state index contributed by atoms with van der Waals surface area (Å²) in [5, 5.41) is 5.27. The van der Waals surface area contributed by atoms with Gasteiger partial charge < -0.3 is 10.2 Å². The number of quaternary nitrogens is 1. The van der Waals surface area contributed by atoms with E-state index in [2.05, 4.69) is 16.8 Å². The van der Waals surface area contributed by atoms with Crippen molar-refractivity contribution in [1.29, 1.82) is 0 Å². The first-order valence-electron chi connectivity index (χ1n) is 8.20. The number of carbonyl (C=O) groups excluding carboxylic acids is 1. The number of rotatable bonds is 5. The van der Waals surface area contributed by atoms with E-state index in [9.17, 15) is 9.18 Å². The largest absolute Gasteiger partial charge is 0.343 e. The van der Waals surface area contributed by atoms with Gasteiger partial charge in [0.2, 0.25) is 0 Å². The summed E-state index contributed by atoms with van der Waals surface area (Å²) in [7, 11) is 0. The summed E-state index contributed by atoms with van der Waals surface area (Å²) in [6, 6.07) is 8.24. The van der Waals surface area contributed by atoms with Gasteiger partial charge in [-0.25, -0.2) is 4.39 Å². The maximum atomic E-state index is 13.2. The average molecular weight is 368 g/mol. The van der Waals surface area contributed by atoms with Crippen LogP contribution in [0.5, 0.6) is 0 Å². The van der Waals surface area contributed by atoms with Gasteiger partial charge >= 0.3 is 0 Å². The van der Waals surface area contributed by atoms with E-state index < -0.39 is 5.82 Å². The first-order valence-corrected chi connectivity index (χ1v) is 9.46. The van der Waals surface area contributed by atoms with E-state index in [0.717, 1.165) is 13.1 Å². The van der Waals surface area contributed by atoms with Crippen molar-refractivity contribution in [2.75, 3.05) is 13.1 Å². The number of hydrogen-bond donors (Lipinski definition) is 2. The number of likely N-dealkylation sites (tertiary alicyclic amines) is 1.